The van der Waals surface area contributed by atoms with Crippen molar-refractivity contribution in [3.05, 3.63) is 23.5 Å². The van der Waals surface area contributed by atoms with Gasteiger partial charge in [0.2, 0.25) is 17.5 Å². The molecule has 1 amide bonds. The van der Waals surface area contributed by atoms with Crippen molar-refractivity contribution >= 4 is 11.6 Å². The Hall–Kier alpha value is -1.86. The lowest BCUT2D eigenvalue weighted by molar-refractivity contribution is -0.131. The minimum absolute atomic E-state index is 0.0308. The maximum atomic E-state index is 13.8. The van der Waals surface area contributed by atoms with Crippen molar-refractivity contribution in [1.29, 1.82) is 0 Å². The molecule has 4 nitrogen and oxygen atoms in total. The number of hydrogen-bond acceptors (Lipinski definition) is 3. The molecule has 0 aromatic carbocycles. The van der Waals surface area contributed by atoms with Crippen LogP contribution in [-0.4, -0.2) is 42.0 Å². The van der Waals surface area contributed by atoms with Gasteiger partial charge in [-0.3, -0.25) is 4.79 Å². The van der Waals surface area contributed by atoms with E-state index in [1.807, 2.05) is 0 Å². The highest BCUT2D eigenvalue weighted by atomic mass is 19.2. The molecule has 1 saturated heterocycles. The van der Waals surface area contributed by atoms with Crippen molar-refractivity contribution in [2.45, 2.75) is 44.9 Å². The van der Waals surface area contributed by atoms with Gasteiger partial charge >= 0.3 is 0 Å². The van der Waals surface area contributed by atoms with E-state index in [1.165, 1.54) is 37.0 Å². The van der Waals surface area contributed by atoms with Crippen LogP contribution in [0.2, 0.25) is 0 Å². The topological polar surface area (TPSA) is 36.4 Å². The van der Waals surface area contributed by atoms with Gasteiger partial charge in [0.25, 0.3) is 11.9 Å². The van der Waals surface area contributed by atoms with Crippen LogP contribution in [-0.2, 0) is 4.79 Å². The number of nitrogens with zero attached hydrogens (tertiary/aromatic N) is 3. The molecule has 1 aliphatic carbocycles. The first kappa shape index (κ1) is 18.9. The second-order valence-electron chi connectivity index (χ2n) is 7.08. The maximum Gasteiger partial charge on any atom is 0.253 e. The number of hydrogen-bond donors (Lipinski definition) is 0. The minimum atomic E-state index is -1.66. The summed E-state index contributed by atoms with van der Waals surface area (Å²) in [7, 11) is 0. The van der Waals surface area contributed by atoms with Gasteiger partial charge in [0.05, 0.1) is 0 Å². The summed E-state index contributed by atoms with van der Waals surface area (Å²) in [4.78, 5) is 17.8. The molecule has 144 valence electrons. The summed E-state index contributed by atoms with van der Waals surface area (Å²) >= 11 is 0. The smallest absolute Gasteiger partial charge is 0.253 e. The maximum absolute atomic E-state index is 13.8. The van der Waals surface area contributed by atoms with Crippen molar-refractivity contribution < 1.29 is 22.4 Å². The van der Waals surface area contributed by atoms with Gasteiger partial charge in [0.1, 0.15) is 5.69 Å². The van der Waals surface area contributed by atoms with Gasteiger partial charge in [0, 0.05) is 32.6 Å². The number of rotatable bonds is 4. The molecule has 1 aromatic heterocycles. The Balaban J connectivity index is 1.55. The Morgan fingerprint density at radius 1 is 0.923 bits per heavy atom. The van der Waals surface area contributed by atoms with Gasteiger partial charge in [-0.2, -0.15) is 22.5 Å². The highest BCUT2D eigenvalue weighted by Crippen LogP contribution is 2.29. The molecule has 3 rings (SSSR count). The number of carbonyl (C=O) groups is 1. The van der Waals surface area contributed by atoms with Crippen LogP contribution in [0.3, 0.4) is 0 Å². The lowest BCUT2D eigenvalue weighted by atomic mass is 9.86. The zero-order valence-corrected chi connectivity index (χ0v) is 14.6. The SMILES string of the molecule is O=C(CCC1CCCCC1)N1CCN(c2c(F)c(F)nc(F)c2F)CC1. The van der Waals surface area contributed by atoms with Crippen LogP contribution < -0.4 is 4.90 Å². The summed E-state index contributed by atoms with van der Waals surface area (Å²) in [6, 6.07) is 0. The predicted molar refractivity (Wildman–Crippen MR) is 88.7 cm³/mol. The standard InChI is InChI=1S/C18H23F4N3O/c19-14-16(15(20)18(22)23-17(14)21)25-10-8-24(9-11-25)13(26)7-6-12-4-2-1-3-5-12/h12H,1-11H2. The normalized spacial score (nSPS) is 19.1. The fraction of sp³-hybridized carbons (Fsp3) is 0.667. The molecule has 0 spiro atoms. The van der Waals surface area contributed by atoms with E-state index in [-0.39, 0.29) is 32.1 Å². The van der Waals surface area contributed by atoms with Crippen molar-refractivity contribution in [3.63, 3.8) is 0 Å². The first-order chi connectivity index (χ1) is 12.5. The van der Waals surface area contributed by atoms with Gasteiger partial charge in [-0.15, -0.1) is 0 Å². The Kier molecular flexibility index (Phi) is 5.98. The molecule has 0 N–H and O–H groups in total. The third-order valence-electron chi connectivity index (χ3n) is 5.41. The summed E-state index contributed by atoms with van der Waals surface area (Å²) in [5, 5.41) is 0. The lowest BCUT2D eigenvalue weighted by Crippen LogP contribution is -2.49. The number of carbonyl (C=O) groups excluding carboxylic acids is 1. The molecule has 1 saturated carbocycles. The van der Waals surface area contributed by atoms with Gasteiger partial charge in [-0.1, -0.05) is 32.1 Å². The summed E-state index contributed by atoms with van der Waals surface area (Å²) in [5.41, 5.74) is -0.746. The molecule has 0 bridgehead atoms. The van der Waals surface area contributed by atoms with Gasteiger partial charge < -0.3 is 9.80 Å². The molecule has 2 heterocycles. The molecule has 2 fully saturated rings. The van der Waals surface area contributed by atoms with Crippen LogP contribution in [0.4, 0.5) is 23.2 Å². The summed E-state index contributed by atoms with van der Waals surface area (Å²) < 4.78 is 54.2. The molecular formula is C18H23F4N3O. The highest BCUT2D eigenvalue weighted by Gasteiger charge is 2.29. The van der Waals surface area contributed by atoms with Gasteiger partial charge in [0.15, 0.2) is 0 Å². The Morgan fingerprint density at radius 2 is 1.50 bits per heavy atom. The summed E-state index contributed by atoms with van der Waals surface area (Å²) in [6.45, 7) is 0.777. The highest BCUT2D eigenvalue weighted by molar-refractivity contribution is 5.76. The molecule has 0 radical (unpaired) electrons. The largest absolute Gasteiger partial charge is 0.363 e. The van der Waals surface area contributed by atoms with Crippen LogP contribution in [0.1, 0.15) is 44.9 Å². The van der Waals surface area contributed by atoms with Crippen LogP contribution in [0.5, 0.6) is 0 Å². The number of pyridine rings is 1. The van der Waals surface area contributed by atoms with Crippen molar-refractivity contribution in [2.24, 2.45) is 5.92 Å². The van der Waals surface area contributed by atoms with Crippen molar-refractivity contribution in [3.8, 4) is 0 Å². The van der Waals surface area contributed by atoms with E-state index in [0.29, 0.717) is 12.3 Å². The quantitative estimate of drug-likeness (QED) is 0.597. The molecule has 0 unspecified atom stereocenters. The summed E-state index contributed by atoms with van der Waals surface area (Å²) in [5.74, 6) is -5.68. The number of aromatic nitrogens is 1. The molecule has 1 aromatic rings. The van der Waals surface area contributed by atoms with Crippen LogP contribution in [0.25, 0.3) is 0 Å². The van der Waals surface area contributed by atoms with Crippen LogP contribution >= 0.6 is 0 Å². The lowest BCUT2D eigenvalue weighted by Gasteiger charge is -2.36. The van der Waals surface area contributed by atoms with E-state index in [9.17, 15) is 22.4 Å². The zero-order chi connectivity index (χ0) is 18.7. The Bertz CT molecular complexity index is 630. The third-order valence-corrected chi connectivity index (χ3v) is 5.41. The zero-order valence-electron chi connectivity index (χ0n) is 14.6. The first-order valence-corrected chi connectivity index (χ1v) is 9.20. The van der Waals surface area contributed by atoms with Gasteiger partial charge in [-0.05, 0) is 12.3 Å². The molecular weight excluding hydrogens is 350 g/mol. The van der Waals surface area contributed by atoms with E-state index in [1.54, 1.807) is 4.90 Å². The van der Waals surface area contributed by atoms with E-state index >= 15 is 0 Å². The van der Waals surface area contributed by atoms with Crippen molar-refractivity contribution in [2.75, 3.05) is 31.1 Å². The first-order valence-electron chi connectivity index (χ1n) is 9.20. The number of halogens is 4. The molecule has 1 aliphatic heterocycles. The van der Waals surface area contributed by atoms with Crippen LogP contribution in [0, 0.1) is 29.4 Å². The average molecular weight is 373 g/mol. The number of piperazine rings is 1. The Labute approximate surface area is 150 Å². The van der Waals surface area contributed by atoms with E-state index in [0.717, 1.165) is 6.42 Å². The minimum Gasteiger partial charge on any atom is -0.363 e. The molecule has 8 heteroatoms. The molecule has 0 atom stereocenters. The van der Waals surface area contributed by atoms with E-state index in [4.69, 9.17) is 0 Å². The predicted octanol–water partition coefficient (Wildman–Crippen LogP) is 3.65. The number of amides is 1. The summed E-state index contributed by atoms with van der Waals surface area (Å²) in [6.07, 6.45) is 7.45. The van der Waals surface area contributed by atoms with E-state index < -0.39 is 29.2 Å². The monoisotopic (exact) mass is 373 g/mol. The van der Waals surface area contributed by atoms with E-state index in [2.05, 4.69) is 4.98 Å². The average Bonchev–Trinajstić information content (AvgIpc) is 2.66. The Morgan fingerprint density at radius 3 is 2.08 bits per heavy atom. The fourth-order valence-corrected chi connectivity index (χ4v) is 3.89. The second kappa shape index (κ2) is 8.22. The van der Waals surface area contributed by atoms with Crippen molar-refractivity contribution in [1.82, 2.24) is 9.88 Å². The van der Waals surface area contributed by atoms with Crippen LogP contribution in [0.15, 0.2) is 0 Å². The second-order valence-corrected chi connectivity index (χ2v) is 7.08. The molecule has 26 heavy (non-hydrogen) atoms. The number of anilines is 1. The fourth-order valence-electron chi connectivity index (χ4n) is 3.89. The molecule has 2 aliphatic rings. The third kappa shape index (κ3) is 4.10. The van der Waals surface area contributed by atoms with Gasteiger partial charge in [-0.25, -0.2) is 0 Å².